The Hall–Kier alpha value is -2.97. The number of carbonyl (C=O) groups is 2. The van der Waals surface area contributed by atoms with E-state index in [1.54, 1.807) is 18.4 Å². The van der Waals surface area contributed by atoms with Gasteiger partial charge >= 0.3 is 0 Å². The molecular weight excluding hydrogens is 448 g/mol. The van der Waals surface area contributed by atoms with Crippen molar-refractivity contribution in [1.29, 1.82) is 0 Å². The summed E-state index contributed by atoms with van der Waals surface area (Å²) in [5.41, 5.74) is 3.47. The Kier molecular flexibility index (Phi) is 7.80. The van der Waals surface area contributed by atoms with Crippen molar-refractivity contribution in [3.63, 3.8) is 0 Å². The predicted molar refractivity (Wildman–Crippen MR) is 134 cm³/mol. The normalized spacial score (nSPS) is 18.6. The highest BCUT2D eigenvalue weighted by Crippen LogP contribution is 2.23. The average molecular weight is 481 g/mol. The summed E-state index contributed by atoms with van der Waals surface area (Å²) < 4.78 is 5.16. The molecule has 180 valence electrons. The number of aromatic nitrogens is 1. The number of nitrogens with one attached hydrogen (secondary N) is 2. The number of hydrogen-bond donors (Lipinski definition) is 2. The van der Waals surface area contributed by atoms with Crippen LogP contribution in [0.5, 0.6) is 0 Å². The fourth-order valence-electron chi connectivity index (χ4n) is 4.60. The van der Waals surface area contributed by atoms with Crippen molar-refractivity contribution < 1.29 is 14.0 Å². The van der Waals surface area contributed by atoms with E-state index in [-0.39, 0.29) is 18.2 Å². The maximum atomic E-state index is 12.4. The smallest absolute Gasteiger partial charge is 0.260 e. The van der Waals surface area contributed by atoms with Crippen LogP contribution in [0.4, 0.5) is 5.13 Å². The van der Waals surface area contributed by atoms with Crippen LogP contribution >= 0.6 is 11.3 Å². The van der Waals surface area contributed by atoms with Crippen molar-refractivity contribution in [2.45, 2.75) is 46.7 Å². The zero-order valence-corrected chi connectivity index (χ0v) is 20.8. The second-order valence-electron chi connectivity index (χ2n) is 9.40. The van der Waals surface area contributed by atoms with E-state index in [4.69, 9.17) is 4.42 Å². The number of rotatable bonds is 8. The van der Waals surface area contributed by atoms with Gasteiger partial charge < -0.3 is 9.73 Å². The monoisotopic (exact) mass is 480 g/mol. The van der Waals surface area contributed by atoms with Crippen molar-refractivity contribution >= 4 is 28.3 Å². The molecule has 2 atom stereocenters. The molecule has 34 heavy (non-hydrogen) atoms. The molecule has 3 aromatic rings. The van der Waals surface area contributed by atoms with E-state index in [1.165, 1.54) is 29.6 Å². The van der Waals surface area contributed by atoms with Crippen LogP contribution < -0.4 is 10.6 Å². The first-order chi connectivity index (χ1) is 16.4. The van der Waals surface area contributed by atoms with Crippen LogP contribution in [0, 0.1) is 18.8 Å². The Labute approximate surface area is 204 Å². The third-order valence-electron chi connectivity index (χ3n) is 6.08. The van der Waals surface area contributed by atoms with Crippen molar-refractivity contribution in [3.05, 3.63) is 70.1 Å². The lowest BCUT2D eigenvalue weighted by molar-refractivity contribution is -0.120. The summed E-state index contributed by atoms with van der Waals surface area (Å²) in [5, 5.41) is 7.95. The van der Waals surface area contributed by atoms with Crippen LogP contribution in [-0.4, -0.2) is 34.8 Å². The fourth-order valence-corrected chi connectivity index (χ4v) is 5.31. The largest absolute Gasteiger partial charge is 0.469 e. The van der Waals surface area contributed by atoms with E-state index in [9.17, 15) is 9.59 Å². The molecule has 8 heteroatoms. The quantitative estimate of drug-likeness (QED) is 0.491. The fraction of sp³-hybridized carbons (Fsp3) is 0.423. The number of aryl methyl sites for hydroxylation is 1. The Bertz CT molecular complexity index is 1110. The molecule has 7 nitrogen and oxygen atoms in total. The van der Waals surface area contributed by atoms with Gasteiger partial charge in [-0.05, 0) is 42.4 Å². The summed E-state index contributed by atoms with van der Waals surface area (Å²) in [6.07, 6.45) is 2.96. The Morgan fingerprint density at radius 1 is 1.12 bits per heavy atom. The molecule has 0 radical (unpaired) electrons. The molecule has 0 aliphatic carbocycles. The minimum atomic E-state index is -0.274. The van der Waals surface area contributed by atoms with Gasteiger partial charge in [-0.3, -0.25) is 19.8 Å². The summed E-state index contributed by atoms with van der Waals surface area (Å²) >= 11 is 1.30. The molecule has 0 spiro atoms. The van der Waals surface area contributed by atoms with E-state index in [1.807, 2.05) is 0 Å². The topological polar surface area (TPSA) is 87.5 Å². The molecule has 2 amide bonds. The number of benzene rings is 1. The number of thiazole rings is 1. The van der Waals surface area contributed by atoms with Gasteiger partial charge in [0.05, 0.1) is 23.9 Å². The molecule has 1 aromatic carbocycles. The van der Waals surface area contributed by atoms with E-state index in [0.717, 1.165) is 37.0 Å². The van der Waals surface area contributed by atoms with Gasteiger partial charge in [-0.1, -0.05) is 38.1 Å². The number of likely N-dealkylation sites (tertiary alicyclic amines) is 1. The first-order valence-corrected chi connectivity index (χ1v) is 12.6. The number of hydrogen-bond acceptors (Lipinski definition) is 6. The molecule has 2 unspecified atom stereocenters. The predicted octanol–water partition coefficient (Wildman–Crippen LogP) is 4.63. The molecule has 1 saturated heterocycles. The van der Waals surface area contributed by atoms with Crippen LogP contribution in [0.25, 0.3) is 0 Å². The third-order valence-corrected chi connectivity index (χ3v) is 6.89. The molecule has 0 saturated carbocycles. The Morgan fingerprint density at radius 3 is 2.50 bits per heavy atom. The van der Waals surface area contributed by atoms with Crippen LogP contribution in [-0.2, 0) is 24.3 Å². The molecule has 1 fully saturated rings. The van der Waals surface area contributed by atoms with E-state index in [2.05, 4.69) is 58.6 Å². The van der Waals surface area contributed by atoms with Gasteiger partial charge in [-0.25, -0.2) is 4.98 Å². The van der Waals surface area contributed by atoms with Crippen LogP contribution in [0.2, 0.25) is 0 Å². The highest BCUT2D eigenvalue weighted by Gasteiger charge is 2.21. The SMILES string of the molecule is Cc1occc1C(=O)Nc1nc(CC(=O)NCc2ccc(CN3CC(C)CC(C)C3)cc2)cs1. The summed E-state index contributed by atoms with van der Waals surface area (Å²) in [4.78, 5) is 31.5. The van der Waals surface area contributed by atoms with Crippen molar-refractivity contribution in [1.82, 2.24) is 15.2 Å². The molecule has 4 rings (SSSR count). The zero-order valence-electron chi connectivity index (χ0n) is 20.0. The minimum Gasteiger partial charge on any atom is -0.469 e. The number of carbonyl (C=O) groups excluding carboxylic acids is 2. The van der Waals surface area contributed by atoms with Gasteiger partial charge in [0.1, 0.15) is 5.76 Å². The highest BCUT2D eigenvalue weighted by molar-refractivity contribution is 7.14. The van der Waals surface area contributed by atoms with Crippen LogP contribution in [0.3, 0.4) is 0 Å². The first kappa shape index (κ1) is 24.2. The van der Waals surface area contributed by atoms with E-state index < -0.39 is 0 Å². The summed E-state index contributed by atoms with van der Waals surface area (Å²) in [6.45, 7) is 10.2. The maximum absolute atomic E-state index is 12.4. The Balaban J connectivity index is 1.22. The minimum absolute atomic E-state index is 0.103. The van der Waals surface area contributed by atoms with Crippen molar-refractivity contribution in [2.24, 2.45) is 11.8 Å². The molecular formula is C26H32N4O3S. The molecule has 0 bridgehead atoms. The standard InChI is InChI=1S/C26H32N4O3S/c1-17-10-18(2)14-30(13-17)15-21-6-4-20(5-7-21)12-27-24(31)11-22-16-34-26(28-22)29-25(32)23-8-9-33-19(23)3/h4-9,16-18H,10-15H2,1-3H3,(H,27,31)(H,28,29,32). The molecule has 3 heterocycles. The molecule has 1 aliphatic heterocycles. The van der Waals surface area contributed by atoms with Crippen molar-refractivity contribution in [2.75, 3.05) is 18.4 Å². The van der Waals surface area contributed by atoms with Gasteiger partial charge in [0, 0.05) is 31.6 Å². The maximum Gasteiger partial charge on any atom is 0.260 e. The van der Waals surface area contributed by atoms with Gasteiger partial charge in [-0.15, -0.1) is 11.3 Å². The average Bonchev–Trinajstić information content (AvgIpc) is 3.41. The number of amides is 2. The lowest BCUT2D eigenvalue weighted by atomic mass is 9.91. The zero-order chi connectivity index (χ0) is 24.1. The summed E-state index contributed by atoms with van der Waals surface area (Å²) in [6, 6.07) is 10.1. The lowest BCUT2D eigenvalue weighted by Crippen LogP contribution is -2.38. The molecule has 2 aromatic heterocycles. The van der Waals surface area contributed by atoms with Crippen LogP contribution in [0.15, 0.2) is 46.4 Å². The highest BCUT2D eigenvalue weighted by atomic mass is 32.1. The molecule has 1 aliphatic rings. The Morgan fingerprint density at radius 2 is 1.82 bits per heavy atom. The number of nitrogens with zero attached hydrogens (tertiary/aromatic N) is 2. The lowest BCUT2D eigenvalue weighted by Gasteiger charge is -2.35. The summed E-state index contributed by atoms with van der Waals surface area (Å²) in [5.74, 6) is 1.68. The van der Waals surface area contributed by atoms with Gasteiger partial charge in [0.15, 0.2) is 5.13 Å². The van der Waals surface area contributed by atoms with Crippen molar-refractivity contribution in [3.8, 4) is 0 Å². The third kappa shape index (κ3) is 6.55. The van der Waals surface area contributed by atoms with E-state index >= 15 is 0 Å². The number of piperidine rings is 1. The van der Waals surface area contributed by atoms with Gasteiger partial charge in [-0.2, -0.15) is 0 Å². The van der Waals surface area contributed by atoms with Crippen LogP contribution in [0.1, 0.15) is 53.2 Å². The second kappa shape index (κ2) is 11.0. The van der Waals surface area contributed by atoms with Gasteiger partial charge in [0.2, 0.25) is 5.91 Å². The van der Waals surface area contributed by atoms with Gasteiger partial charge in [0.25, 0.3) is 5.91 Å². The molecule has 2 N–H and O–H groups in total. The summed E-state index contributed by atoms with van der Waals surface area (Å²) in [7, 11) is 0. The first-order valence-electron chi connectivity index (χ1n) is 11.7. The number of anilines is 1. The number of furan rings is 1. The van der Waals surface area contributed by atoms with E-state index in [0.29, 0.717) is 28.7 Å². The second-order valence-corrected chi connectivity index (χ2v) is 10.3.